The molecular formula is C16H27ClN2. The number of halogens is 1. The first-order valence-corrected chi connectivity index (χ1v) is 7.14. The Labute approximate surface area is 124 Å². The van der Waals surface area contributed by atoms with Crippen LogP contribution in [0.15, 0.2) is 18.2 Å². The van der Waals surface area contributed by atoms with Crippen molar-refractivity contribution in [3.63, 3.8) is 0 Å². The Balaban J connectivity index is 0.00000180. The molecule has 2 rings (SSSR count). The van der Waals surface area contributed by atoms with Crippen molar-refractivity contribution < 1.29 is 0 Å². The standard InChI is InChI=1S/C16H26N2.ClH/c1-13-6-4-7-15(14(13)2)12-18(3)16-8-5-10-17-11-9-16;/h4,6-7,16-17H,5,8-12H2,1-3H3;1H. The number of nitrogens with one attached hydrogen (secondary N) is 1. The van der Waals surface area contributed by atoms with Gasteiger partial charge in [0, 0.05) is 12.6 Å². The number of rotatable bonds is 3. The van der Waals surface area contributed by atoms with Crippen molar-refractivity contribution in [2.75, 3.05) is 20.1 Å². The third kappa shape index (κ3) is 4.48. The summed E-state index contributed by atoms with van der Waals surface area (Å²) in [6.45, 7) is 7.88. The summed E-state index contributed by atoms with van der Waals surface area (Å²) in [5, 5.41) is 3.49. The van der Waals surface area contributed by atoms with Gasteiger partial charge in [-0.3, -0.25) is 4.90 Å². The molecule has 0 aromatic heterocycles. The zero-order chi connectivity index (χ0) is 13.0. The summed E-state index contributed by atoms with van der Waals surface area (Å²) in [6.07, 6.45) is 3.91. The van der Waals surface area contributed by atoms with E-state index in [1.807, 2.05) is 0 Å². The number of aryl methyl sites for hydroxylation is 1. The van der Waals surface area contributed by atoms with E-state index in [0.29, 0.717) is 0 Å². The number of hydrogen-bond donors (Lipinski definition) is 1. The van der Waals surface area contributed by atoms with Gasteiger partial charge in [-0.1, -0.05) is 18.2 Å². The van der Waals surface area contributed by atoms with E-state index in [4.69, 9.17) is 0 Å². The molecule has 1 saturated heterocycles. The summed E-state index contributed by atoms with van der Waals surface area (Å²) in [5.41, 5.74) is 4.34. The molecule has 0 radical (unpaired) electrons. The summed E-state index contributed by atoms with van der Waals surface area (Å²) in [5.74, 6) is 0. The molecule has 0 amide bonds. The molecule has 1 aliphatic rings. The Kier molecular flexibility index (Phi) is 6.84. The van der Waals surface area contributed by atoms with Crippen LogP contribution < -0.4 is 5.32 Å². The van der Waals surface area contributed by atoms with Crippen LogP contribution in [0.4, 0.5) is 0 Å². The molecule has 1 N–H and O–H groups in total. The second kappa shape index (κ2) is 7.88. The van der Waals surface area contributed by atoms with Crippen LogP contribution in [0.25, 0.3) is 0 Å². The monoisotopic (exact) mass is 282 g/mol. The van der Waals surface area contributed by atoms with Crippen molar-refractivity contribution in [3.8, 4) is 0 Å². The maximum Gasteiger partial charge on any atom is 0.0236 e. The highest BCUT2D eigenvalue weighted by molar-refractivity contribution is 5.85. The third-order valence-electron chi connectivity index (χ3n) is 4.31. The van der Waals surface area contributed by atoms with Gasteiger partial charge in [0.2, 0.25) is 0 Å². The highest BCUT2D eigenvalue weighted by atomic mass is 35.5. The molecule has 1 heterocycles. The number of hydrogen-bond acceptors (Lipinski definition) is 2. The second-order valence-electron chi connectivity index (χ2n) is 5.61. The van der Waals surface area contributed by atoms with Crippen molar-refractivity contribution in [1.82, 2.24) is 10.2 Å². The van der Waals surface area contributed by atoms with E-state index < -0.39 is 0 Å². The first-order valence-electron chi connectivity index (χ1n) is 7.14. The SMILES string of the molecule is Cc1cccc(CN(C)C2CCCNCC2)c1C.Cl. The van der Waals surface area contributed by atoms with Crippen LogP contribution in [0.2, 0.25) is 0 Å². The largest absolute Gasteiger partial charge is 0.317 e. The Bertz CT molecular complexity index is 384. The van der Waals surface area contributed by atoms with E-state index >= 15 is 0 Å². The van der Waals surface area contributed by atoms with Gasteiger partial charge in [0.1, 0.15) is 0 Å². The fourth-order valence-electron chi connectivity index (χ4n) is 2.82. The maximum absolute atomic E-state index is 3.49. The fraction of sp³-hybridized carbons (Fsp3) is 0.625. The quantitative estimate of drug-likeness (QED) is 0.915. The van der Waals surface area contributed by atoms with E-state index in [1.54, 1.807) is 0 Å². The Hall–Kier alpha value is -0.570. The van der Waals surface area contributed by atoms with Gasteiger partial charge in [0.05, 0.1) is 0 Å². The van der Waals surface area contributed by atoms with Crippen molar-refractivity contribution in [1.29, 1.82) is 0 Å². The molecular weight excluding hydrogens is 256 g/mol. The van der Waals surface area contributed by atoms with E-state index in [-0.39, 0.29) is 12.4 Å². The first kappa shape index (κ1) is 16.5. The van der Waals surface area contributed by atoms with Crippen LogP contribution in [0, 0.1) is 13.8 Å². The minimum Gasteiger partial charge on any atom is -0.317 e. The lowest BCUT2D eigenvalue weighted by molar-refractivity contribution is 0.216. The predicted octanol–water partition coefficient (Wildman–Crippen LogP) is 3.30. The van der Waals surface area contributed by atoms with E-state index in [2.05, 4.69) is 49.3 Å². The highest BCUT2D eigenvalue weighted by Crippen LogP contribution is 2.18. The summed E-state index contributed by atoms with van der Waals surface area (Å²) in [4.78, 5) is 2.54. The highest BCUT2D eigenvalue weighted by Gasteiger charge is 2.17. The van der Waals surface area contributed by atoms with Gasteiger partial charge >= 0.3 is 0 Å². The summed E-state index contributed by atoms with van der Waals surface area (Å²) in [7, 11) is 2.28. The molecule has 1 aromatic rings. The minimum absolute atomic E-state index is 0. The maximum atomic E-state index is 3.49. The van der Waals surface area contributed by atoms with Gasteiger partial charge in [-0.05, 0) is 69.9 Å². The molecule has 2 nitrogen and oxygen atoms in total. The van der Waals surface area contributed by atoms with Crippen LogP contribution in [-0.2, 0) is 6.54 Å². The lowest BCUT2D eigenvalue weighted by Gasteiger charge is -2.27. The van der Waals surface area contributed by atoms with Crippen LogP contribution in [-0.4, -0.2) is 31.1 Å². The van der Waals surface area contributed by atoms with Gasteiger partial charge in [-0.25, -0.2) is 0 Å². The van der Waals surface area contributed by atoms with Gasteiger partial charge < -0.3 is 5.32 Å². The zero-order valence-corrected chi connectivity index (χ0v) is 13.2. The molecule has 1 atom stereocenters. The fourth-order valence-corrected chi connectivity index (χ4v) is 2.82. The molecule has 0 saturated carbocycles. The minimum atomic E-state index is 0. The molecule has 0 spiro atoms. The molecule has 1 aromatic carbocycles. The molecule has 3 heteroatoms. The van der Waals surface area contributed by atoms with Crippen LogP contribution in [0.1, 0.15) is 36.0 Å². The molecule has 1 unspecified atom stereocenters. The van der Waals surface area contributed by atoms with Crippen molar-refractivity contribution in [3.05, 3.63) is 34.9 Å². The molecule has 1 fully saturated rings. The lowest BCUT2D eigenvalue weighted by atomic mass is 10.0. The predicted molar refractivity (Wildman–Crippen MR) is 85.1 cm³/mol. The summed E-state index contributed by atoms with van der Waals surface area (Å²) >= 11 is 0. The Morgan fingerprint density at radius 1 is 1.21 bits per heavy atom. The average Bonchev–Trinajstić information content (AvgIpc) is 2.63. The van der Waals surface area contributed by atoms with Gasteiger partial charge in [-0.15, -0.1) is 12.4 Å². The Morgan fingerprint density at radius 3 is 2.79 bits per heavy atom. The van der Waals surface area contributed by atoms with Gasteiger partial charge in [0.25, 0.3) is 0 Å². The second-order valence-corrected chi connectivity index (χ2v) is 5.61. The van der Waals surface area contributed by atoms with E-state index in [0.717, 1.165) is 12.6 Å². The van der Waals surface area contributed by atoms with Gasteiger partial charge in [-0.2, -0.15) is 0 Å². The molecule has 0 aliphatic carbocycles. The molecule has 108 valence electrons. The summed E-state index contributed by atoms with van der Waals surface area (Å²) < 4.78 is 0. The van der Waals surface area contributed by atoms with Crippen LogP contribution >= 0.6 is 12.4 Å². The van der Waals surface area contributed by atoms with Crippen molar-refractivity contribution in [2.24, 2.45) is 0 Å². The van der Waals surface area contributed by atoms with Crippen LogP contribution in [0.5, 0.6) is 0 Å². The smallest absolute Gasteiger partial charge is 0.0236 e. The topological polar surface area (TPSA) is 15.3 Å². The average molecular weight is 283 g/mol. The molecule has 1 aliphatic heterocycles. The number of nitrogens with zero attached hydrogens (tertiary/aromatic N) is 1. The van der Waals surface area contributed by atoms with Gasteiger partial charge in [0.15, 0.2) is 0 Å². The normalized spacial score (nSPS) is 19.9. The summed E-state index contributed by atoms with van der Waals surface area (Å²) in [6, 6.07) is 7.39. The zero-order valence-electron chi connectivity index (χ0n) is 12.4. The first-order chi connectivity index (χ1) is 8.68. The van der Waals surface area contributed by atoms with E-state index in [1.165, 1.54) is 49.0 Å². The Morgan fingerprint density at radius 2 is 2.00 bits per heavy atom. The third-order valence-corrected chi connectivity index (χ3v) is 4.31. The van der Waals surface area contributed by atoms with Crippen molar-refractivity contribution >= 4 is 12.4 Å². The molecule has 19 heavy (non-hydrogen) atoms. The number of benzene rings is 1. The van der Waals surface area contributed by atoms with Crippen LogP contribution in [0.3, 0.4) is 0 Å². The lowest BCUT2D eigenvalue weighted by Crippen LogP contribution is -2.32. The van der Waals surface area contributed by atoms with Crippen molar-refractivity contribution in [2.45, 2.75) is 45.7 Å². The van der Waals surface area contributed by atoms with E-state index in [9.17, 15) is 0 Å². The molecule has 0 bridgehead atoms.